The molecule has 4 nitrogen and oxygen atoms in total. The largest absolute Gasteiger partial charge is 0.478 e. The molecule has 1 aliphatic heterocycles. The van der Waals surface area contributed by atoms with Crippen LogP contribution >= 0.6 is 0 Å². The standard InChI is InChI=1S/C16H21NO3/c1-20-12-13-8-10-17(11-9-13)15-5-3-2-4-14(15)6-7-16(18)19/h2-7,13H,8-12H2,1H3,(H,18,19). The van der Waals surface area contributed by atoms with Gasteiger partial charge >= 0.3 is 5.97 Å². The maximum absolute atomic E-state index is 10.7. The zero-order chi connectivity index (χ0) is 14.4. The number of carbonyl (C=O) groups is 1. The van der Waals surface area contributed by atoms with Crippen molar-refractivity contribution in [2.24, 2.45) is 5.92 Å². The maximum atomic E-state index is 10.7. The van der Waals surface area contributed by atoms with Crippen LogP contribution in [0.2, 0.25) is 0 Å². The fraction of sp³-hybridized carbons (Fsp3) is 0.438. The number of rotatable bonds is 5. The Balaban J connectivity index is 2.08. The molecule has 0 unspecified atom stereocenters. The molecule has 1 aliphatic rings. The Morgan fingerprint density at radius 3 is 2.75 bits per heavy atom. The van der Waals surface area contributed by atoms with Crippen molar-refractivity contribution < 1.29 is 14.6 Å². The SMILES string of the molecule is COCC1CCN(c2ccccc2C=CC(=O)O)CC1. The van der Waals surface area contributed by atoms with Gasteiger partial charge < -0.3 is 14.7 Å². The minimum Gasteiger partial charge on any atom is -0.478 e. The van der Waals surface area contributed by atoms with Crippen LogP contribution in [0.15, 0.2) is 30.3 Å². The quantitative estimate of drug-likeness (QED) is 0.839. The molecule has 1 saturated heterocycles. The Labute approximate surface area is 119 Å². The van der Waals surface area contributed by atoms with E-state index in [9.17, 15) is 4.79 Å². The molecule has 0 radical (unpaired) electrons. The number of hydrogen-bond donors (Lipinski definition) is 1. The van der Waals surface area contributed by atoms with Crippen LogP contribution in [0.25, 0.3) is 6.08 Å². The summed E-state index contributed by atoms with van der Waals surface area (Å²) in [5, 5.41) is 8.76. The van der Waals surface area contributed by atoms with Crippen molar-refractivity contribution >= 4 is 17.7 Å². The molecule has 1 fully saturated rings. The summed E-state index contributed by atoms with van der Waals surface area (Å²) in [7, 11) is 1.75. The topological polar surface area (TPSA) is 49.8 Å². The number of piperidine rings is 1. The Morgan fingerprint density at radius 2 is 2.10 bits per heavy atom. The molecule has 0 amide bonds. The molecule has 4 heteroatoms. The third-order valence-corrected chi connectivity index (χ3v) is 3.70. The second-order valence-electron chi connectivity index (χ2n) is 5.12. The fourth-order valence-corrected chi connectivity index (χ4v) is 2.65. The number of carboxylic acids is 1. The van der Waals surface area contributed by atoms with E-state index < -0.39 is 5.97 Å². The molecular weight excluding hydrogens is 254 g/mol. The van der Waals surface area contributed by atoms with Gasteiger partial charge in [0, 0.05) is 38.6 Å². The molecule has 108 valence electrons. The molecule has 1 aromatic carbocycles. The highest BCUT2D eigenvalue weighted by Crippen LogP contribution is 2.27. The first-order valence-corrected chi connectivity index (χ1v) is 6.94. The van der Waals surface area contributed by atoms with Gasteiger partial charge in [0.15, 0.2) is 0 Å². The van der Waals surface area contributed by atoms with Gasteiger partial charge in [0.2, 0.25) is 0 Å². The smallest absolute Gasteiger partial charge is 0.328 e. The van der Waals surface area contributed by atoms with Gasteiger partial charge in [-0.2, -0.15) is 0 Å². The highest BCUT2D eigenvalue weighted by atomic mass is 16.5. The molecule has 0 saturated carbocycles. The van der Waals surface area contributed by atoms with E-state index in [1.165, 1.54) is 6.08 Å². The molecule has 1 aromatic rings. The van der Waals surface area contributed by atoms with E-state index in [1.807, 2.05) is 18.2 Å². The van der Waals surface area contributed by atoms with Crippen molar-refractivity contribution in [3.05, 3.63) is 35.9 Å². The number of anilines is 1. The summed E-state index contributed by atoms with van der Waals surface area (Å²) >= 11 is 0. The lowest BCUT2D eigenvalue weighted by atomic mass is 9.96. The molecule has 2 rings (SSSR count). The molecule has 20 heavy (non-hydrogen) atoms. The van der Waals surface area contributed by atoms with E-state index in [2.05, 4.69) is 11.0 Å². The summed E-state index contributed by atoms with van der Waals surface area (Å²) in [4.78, 5) is 13.0. The average molecular weight is 275 g/mol. The van der Waals surface area contributed by atoms with Gasteiger partial charge in [-0.1, -0.05) is 18.2 Å². The first kappa shape index (κ1) is 14.6. The highest BCUT2D eigenvalue weighted by Gasteiger charge is 2.20. The van der Waals surface area contributed by atoms with E-state index in [0.29, 0.717) is 5.92 Å². The van der Waals surface area contributed by atoms with Crippen LogP contribution in [-0.4, -0.2) is 37.9 Å². The lowest BCUT2D eigenvalue weighted by Crippen LogP contribution is -2.35. The summed E-state index contributed by atoms with van der Waals surface area (Å²) < 4.78 is 5.22. The minimum absolute atomic E-state index is 0.637. The summed E-state index contributed by atoms with van der Waals surface area (Å²) in [6.07, 6.45) is 5.09. The number of aliphatic carboxylic acids is 1. The van der Waals surface area contributed by atoms with E-state index >= 15 is 0 Å². The third-order valence-electron chi connectivity index (χ3n) is 3.70. The van der Waals surface area contributed by atoms with Crippen LogP contribution < -0.4 is 4.90 Å². The Kier molecular flexibility index (Phi) is 5.18. The number of methoxy groups -OCH3 is 1. The van der Waals surface area contributed by atoms with Crippen LogP contribution in [0, 0.1) is 5.92 Å². The van der Waals surface area contributed by atoms with E-state index in [-0.39, 0.29) is 0 Å². The van der Waals surface area contributed by atoms with Crippen LogP contribution in [0.3, 0.4) is 0 Å². The summed E-state index contributed by atoms with van der Waals surface area (Å²) in [6.45, 7) is 2.81. The van der Waals surface area contributed by atoms with Crippen molar-refractivity contribution in [1.82, 2.24) is 0 Å². The number of carboxylic acid groups (broad SMARTS) is 1. The summed E-state index contributed by atoms with van der Waals surface area (Å²) in [5.74, 6) is -0.281. The van der Waals surface area contributed by atoms with Crippen LogP contribution in [0.5, 0.6) is 0 Å². The molecule has 0 spiro atoms. The van der Waals surface area contributed by atoms with Gasteiger partial charge in [-0.15, -0.1) is 0 Å². The molecule has 1 heterocycles. The Morgan fingerprint density at radius 1 is 1.40 bits per heavy atom. The van der Waals surface area contributed by atoms with Crippen molar-refractivity contribution in [3.8, 4) is 0 Å². The first-order chi connectivity index (χ1) is 9.70. The maximum Gasteiger partial charge on any atom is 0.328 e. The van der Waals surface area contributed by atoms with Gasteiger partial charge in [-0.05, 0) is 36.5 Å². The number of ether oxygens (including phenoxy) is 1. The Bertz CT molecular complexity index is 476. The zero-order valence-corrected chi connectivity index (χ0v) is 11.8. The second-order valence-corrected chi connectivity index (χ2v) is 5.12. The summed E-state index contributed by atoms with van der Waals surface area (Å²) in [5.41, 5.74) is 2.07. The second kappa shape index (κ2) is 7.10. The van der Waals surface area contributed by atoms with E-state index in [0.717, 1.165) is 43.8 Å². The van der Waals surface area contributed by atoms with Crippen molar-refractivity contribution in [1.29, 1.82) is 0 Å². The van der Waals surface area contributed by atoms with Gasteiger partial charge in [-0.25, -0.2) is 4.79 Å². The van der Waals surface area contributed by atoms with Gasteiger partial charge in [0.25, 0.3) is 0 Å². The zero-order valence-electron chi connectivity index (χ0n) is 11.8. The number of nitrogens with zero attached hydrogens (tertiary/aromatic N) is 1. The predicted octanol–water partition coefficient (Wildman–Crippen LogP) is 2.65. The van der Waals surface area contributed by atoms with Gasteiger partial charge in [0.05, 0.1) is 0 Å². The molecule has 1 N–H and O–H groups in total. The average Bonchev–Trinajstić information content (AvgIpc) is 2.47. The summed E-state index contributed by atoms with van der Waals surface area (Å²) in [6, 6.07) is 7.94. The Hall–Kier alpha value is -1.81. The molecule has 0 bridgehead atoms. The van der Waals surface area contributed by atoms with Crippen molar-refractivity contribution in [2.45, 2.75) is 12.8 Å². The van der Waals surface area contributed by atoms with Crippen LogP contribution in [0.1, 0.15) is 18.4 Å². The fourth-order valence-electron chi connectivity index (χ4n) is 2.65. The number of hydrogen-bond acceptors (Lipinski definition) is 3. The number of para-hydroxylation sites is 1. The van der Waals surface area contributed by atoms with E-state index in [4.69, 9.17) is 9.84 Å². The lowest BCUT2D eigenvalue weighted by Gasteiger charge is -2.34. The minimum atomic E-state index is -0.918. The first-order valence-electron chi connectivity index (χ1n) is 6.94. The van der Waals surface area contributed by atoms with Crippen LogP contribution in [-0.2, 0) is 9.53 Å². The van der Waals surface area contributed by atoms with Crippen LogP contribution in [0.4, 0.5) is 5.69 Å². The monoisotopic (exact) mass is 275 g/mol. The predicted molar refractivity (Wildman–Crippen MR) is 79.9 cm³/mol. The van der Waals surface area contributed by atoms with Gasteiger partial charge in [0.1, 0.15) is 0 Å². The van der Waals surface area contributed by atoms with Crippen molar-refractivity contribution in [3.63, 3.8) is 0 Å². The molecular formula is C16H21NO3. The highest BCUT2D eigenvalue weighted by molar-refractivity contribution is 5.87. The molecule has 0 atom stereocenters. The number of benzene rings is 1. The molecule has 0 aromatic heterocycles. The van der Waals surface area contributed by atoms with E-state index in [1.54, 1.807) is 13.2 Å². The lowest BCUT2D eigenvalue weighted by molar-refractivity contribution is -0.131. The molecule has 0 aliphatic carbocycles. The normalized spacial score (nSPS) is 16.8. The van der Waals surface area contributed by atoms with Gasteiger partial charge in [-0.3, -0.25) is 0 Å². The third kappa shape index (κ3) is 3.84. The van der Waals surface area contributed by atoms with Crippen molar-refractivity contribution in [2.75, 3.05) is 31.7 Å².